The Balaban J connectivity index is 1.60. The summed E-state index contributed by atoms with van der Waals surface area (Å²) in [5.74, 6) is 0.987. The summed E-state index contributed by atoms with van der Waals surface area (Å²) < 4.78 is 16.9. The zero-order valence-corrected chi connectivity index (χ0v) is 11.2. The molecule has 0 spiro atoms. The number of para-hydroxylation sites is 1. The number of ether oxygens (including phenoxy) is 2. The lowest BCUT2D eigenvalue weighted by Crippen LogP contribution is -2.38. The fourth-order valence-corrected chi connectivity index (χ4v) is 2.43. The van der Waals surface area contributed by atoms with Crippen molar-refractivity contribution < 1.29 is 13.9 Å². The number of hydrogen-bond acceptors (Lipinski definition) is 4. The first-order chi connectivity index (χ1) is 9.31. The fourth-order valence-electron chi connectivity index (χ4n) is 2.43. The minimum Gasteiger partial charge on any atom is -0.460 e. The summed E-state index contributed by atoms with van der Waals surface area (Å²) in [5, 5.41) is 1.16. The van der Waals surface area contributed by atoms with Crippen LogP contribution in [0.25, 0.3) is 11.0 Å². The minimum absolute atomic E-state index is 0.170. The van der Waals surface area contributed by atoms with Crippen molar-refractivity contribution in [3.05, 3.63) is 36.1 Å². The maximum atomic E-state index is 5.81. The molecule has 0 unspecified atom stereocenters. The Bertz CT molecular complexity index is 498. The molecule has 2 heterocycles. The third kappa shape index (κ3) is 3.15. The van der Waals surface area contributed by atoms with Gasteiger partial charge < -0.3 is 13.9 Å². The van der Waals surface area contributed by atoms with Crippen LogP contribution in [-0.4, -0.2) is 44.4 Å². The number of rotatable bonds is 4. The molecule has 0 saturated carbocycles. The van der Waals surface area contributed by atoms with Crippen LogP contribution in [0.2, 0.25) is 0 Å². The highest BCUT2D eigenvalue weighted by Gasteiger charge is 2.17. The van der Waals surface area contributed by atoms with E-state index in [0.717, 1.165) is 29.8 Å². The van der Waals surface area contributed by atoms with Crippen molar-refractivity contribution in [3.63, 3.8) is 0 Å². The average molecular weight is 261 g/mol. The minimum atomic E-state index is 0.170. The number of furan rings is 1. The van der Waals surface area contributed by atoms with E-state index in [9.17, 15) is 0 Å². The van der Waals surface area contributed by atoms with Crippen molar-refractivity contribution >= 4 is 11.0 Å². The molecule has 0 radical (unpaired) electrons. The topological polar surface area (TPSA) is 34.8 Å². The van der Waals surface area contributed by atoms with Crippen molar-refractivity contribution in [3.8, 4) is 0 Å². The number of fused-ring (bicyclic) bond motifs is 1. The smallest absolute Gasteiger partial charge is 0.134 e. The van der Waals surface area contributed by atoms with Gasteiger partial charge in [0, 0.05) is 11.9 Å². The molecule has 1 aromatic heterocycles. The summed E-state index contributed by atoms with van der Waals surface area (Å²) in [6.45, 7) is 3.74. The molecule has 0 bridgehead atoms. The maximum Gasteiger partial charge on any atom is 0.134 e. The molecule has 102 valence electrons. The van der Waals surface area contributed by atoms with E-state index in [1.807, 2.05) is 18.2 Å². The highest BCUT2D eigenvalue weighted by atomic mass is 16.6. The Morgan fingerprint density at radius 3 is 2.95 bits per heavy atom. The summed E-state index contributed by atoms with van der Waals surface area (Å²) >= 11 is 0. The highest BCUT2D eigenvalue weighted by molar-refractivity contribution is 5.77. The molecule has 4 nitrogen and oxygen atoms in total. The quantitative estimate of drug-likeness (QED) is 0.845. The van der Waals surface area contributed by atoms with Crippen LogP contribution in [0.4, 0.5) is 0 Å². The standard InChI is InChI=1S/C15H19NO3/c1-16(10-14-11-17-6-7-18-14)9-13-8-12-4-2-3-5-15(12)19-13/h2-5,8,14H,6-7,9-11H2,1H3/t14-/m0/s1. The van der Waals surface area contributed by atoms with E-state index < -0.39 is 0 Å². The SMILES string of the molecule is CN(Cc1cc2ccccc2o1)C[C@H]1COCCO1. The van der Waals surface area contributed by atoms with Crippen molar-refractivity contribution in [2.45, 2.75) is 12.6 Å². The van der Waals surface area contributed by atoms with Crippen LogP contribution in [0, 0.1) is 0 Å². The normalized spacial score (nSPS) is 20.2. The molecule has 2 aromatic rings. The van der Waals surface area contributed by atoms with Gasteiger partial charge in [0.25, 0.3) is 0 Å². The summed E-state index contributed by atoms with van der Waals surface area (Å²) in [5.41, 5.74) is 0.947. The zero-order valence-electron chi connectivity index (χ0n) is 11.2. The Kier molecular flexibility index (Phi) is 3.82. The lowest BCUT2D eigenvalue weighted by molar-refractivity contribution is -0.0965. The molecule has 1 aliphatic rings. The number of likely N-dealkylation sites (N-methyl/N-ethyl adjacent to an activating group) is 1. The van der Waals surface area contributed by atoms with E-state index in [4.69, 9.17) is 13.9 Å². The van der Waals surface area contributed by atoms with Crippen molar-refractivity contribution in [2.24, 2.45) is 0 Å². The Morgan fingerprint density at radius 2 is 2.16 bits per heavy atom. The molecule has 1 saturated heterocycles. The third-order valence-corrected chi connectivity index (χ3v) is 3.30. The van der Waals surface area contributed by atoms with Gasteiger partial charge in [0.15, 0.2) is 0 Å². The maximum absolute atomic E-state index is 5.81. The van der Waals surface area contributed by atoms with Crippen LogP contribution in [0.1, 0.15) is 5.76 Å². The largest absolute Gasteiger partial charge is 0.460 e. The van der Waals surface area contributed by atoms with E-state index in [-0.39, 0.29) is 6.10 Å². The van der Waals surface area contributed by atoms with Crippen LogP contribution in [0.3, 0.4) is 0 Å². The van der Waals surface area contributed by atoms with E-state index in [1.54, 1.807) is 0 Å². The van der Waals surface area contributed by atoms with Crippen LogP contribution >= 0.6 is 0 Å². The van der Waals surface area contributed by atoms with Gasteiger partial charge in [-0.1, -0.05) is 18.2 Å². The van der Waals surface area contributed by atoms with Crippen LogP contribution in [-0.2, 0) is 16.0 Å². The summed E-state index contributed by atoms with van der Waals surface area (Å²) in [4.78, 5) is 2.21. The zero-order chi connectivity index (χ0) is 13.1. The molecule has 0 aliphatic carbocycles. The molecule has 1 fully saturated rings. The average Bonchev–Trinajstić information content (AvgIpc) is 2.81. The van der Waals surface area contributed by atoms with Gasteiger partial charge in [-0.2, -0.15) is 0 Å². The second-order valence-corrected chi connectivity index (χ2v) is 5.02. The molecule has 1 aliphatic heterocycles. The summed E-state index contributed by atoms with van der Waals surface area (Å²) in [7, 11) is 2.07. The molecule has 0 N–H and O–H groups in total. The van der Waals surface area contributed by atoms with Crippen LogP contribution in [0.5, 0.6) is 0 Å². The lowest BCUT2D eigenvalue weighted by atomic mass is 10.2. The van der Waals surface area contributed by atoms with Crippen molar-refractivity contribution in [1.82, 2.24) is 4.90 Å². The van der Waals surface area contributed by atoms with Gasteiger partial charge in [0.1, 0.15) is 11.3 Å². The monoisotopic (exact) mass is 261 g/mol. The fraction of sp³-hybridized carbons (Fsp3) is 0.467. The molecule has 4 heteroatoms. The van der Waals surface area contributed by atoms with Crippen LogP contribution < -0.4 is 0 Å². The predicted octanol–water partition coefficient (Wildman–Crippen LogP) is 2.28. The first-order valence-electron chi connectivity index (χ1n) is 6.66. The molecular formula is C15H19NO3. The van der Waals surface area contributed by atoms with Gasteiger partial charge in [0.05, 0.1) is 32.5 Å². The Hall–Kier alpha value is -1.36. The number of nitrogens with zero attached hydrogens (tertiary/aromatic N) is 1. The Morgan fingerprint density at radius 1 is 1.26 bits per heavy atom. The molecule has 3 rings (SSSR count). The molecule has 1 atom stereocenters. The van der Waals surface area contributed by atoms with E-state index >= 15 is 0 Å². The van der Waals surface area contributed by atoms with Gasteiger partial charge in [-0.15, -0.1) is 0 Å². The predicted molar refractivity (Wildman–Crippen MR) is 73.1 cm³/mol. The Labute approximate surface area is 112 Å². The molecule has 19 heavy (non-hydrogen) atoms. The second-order valence-electron chi connectivity index (χ2n) is 5.02. The van der Waals surface area contributed by atoms with Crippen molar-refractivity contribution in [2.75, 3.05) is 33.4 Å². The van der Waals surface area contributed by atoms with Gasteiger partial charge >= 0.3 is 0 Å². The lowest BCUT2D eigenvalue weighted by Gasteiger charge is -2.26. The first kappa shape index (κ1) is 12.7. The van der Waals surface area contributed by atoms with Crippen molar-refractivity contribution in [1.29, 1.82) is 0 Å². The number of benzene rings is 1. The highest BCUT2D eigenvalue weighted by Crippen LogP contribution is 2.19. The molecule has 1 aromatic carbocycles. The van der Waals surface area contributed by atoms with Gasteiger partial charge in [0.2, 0.25) is 0 Å². The van der Waals surface area contributed by atoms with E-state index in [0.29, 0.717) is 19.8 Å². The second kappa shape index (κ2) is 5.74. The van der Waals surface area contributed by atoms with E-state index in [1.165, 1.54) is 0 Å². The number of hydrogen-bond donors (Lipinski definition) is 0. The molecular weight excluding hydrogens is 242 g/mol. The van der Waals surface area contributed by atoms with Crippen LogP contribution in [0.15, 0.2) is 34.7 Å². The summed E-state index contributed by atoms with van der Waals surface area (Å²) in [6, 6.07) is 10.2. The molecule has 0 amide bonds. The summed E-state index contributed by atoms with van der Waals surface area (Å²) in [6.07, 6.45) is 0.170. The first-order valence-corrected chi connectivity index (χ1v) is 6.66. The van der Waals surface area contributed by atoms with Gasteiger partial charge in [-0.05, 0) is 19.2 Å². The van der Waals surface area contributed by atoms with Gasteiger partial charge in [-0.25, -0.2) is 0 Å². The van der Waals surface area contributed by atoms with Gasteiger partial charge in [-0.3, -0.25) is 4.90 Å². The third-order valence-electron chi connectivity index (χ3n) is 3.30. The van der Waals surface area contributed by atoms with E-state index in [2.05, 4.69) is 24.1 Å².